The number of aromatic hydroxyl groups is 1. The fraction of sp³-hybridized carbons (Fsp3) is 0.321. The van der Waals surface area contributed by atoms with E-state index in [1.54, 1.807) is 58.2 Å². The lowest BCUT2D eigenvalue weighted by Gasteiger charge is -2.20. The maximum absolute atomic E-state index is 14.9. The average Bonchev–Trinajstić information content (AvgIpc) is 2.82. The molecular formula is C28H33FN2O5. The Hall–Kier alpha value is -3.78. The van der Waals surface area contributed by atoms with Gasteiger partial charge in [0.15, 0.2) is 5.82 Å². The van der Waals surface area contributed by atoms with Crippen molar-refractivity contribution in [2.24, 2.45) is 0 Å². The third-order valence-electron chi connectivity index (χ3n) is 5.35. The van der Waals surface area contributed by atoms with Gasteiger partial charge < -0.3 is 24.6 Å². The Kier molecular flexibility index (Phi) is 8.77. The highest BCUT2D eigenvalue weighted by Crippen LogP contribution is 2.29. The van der Waals surface area contributed by atoms with Gasteiger partial charge in [0.2, 0.25) is 0 Å². The van der Waals surface area contributed by atoms with Crippen LogP contribution in [-0.4, -0.2) is 23.9 Å². The molecular weight excluding hydrogens is 463 g/mol. The zero-order valence-electron chi connectivity index (χ0n) is 21.2. The molecule has 3 aromatic carbocycles. The van der Waals surface area contributed by atoms with Gasteiger partial charge in [-0.3, -0.25) is 5.32 Å². The van der Waals surface area contributed by atoms with Gasteiger partial charge in [0.05, 0.1) is 12.8 Å². The summed E-state index contributed by atoms with van der Waals surface area (Å²) in [7, 11) is 1.61. The highest BCUT2D eigenvalue weighted by Gasteiger charge is 2.19. The van der Waals surface area contributed by atoms with Crippen LogP contribution in [0.15, 0.2) is 60.7 Å². The minimum atomic E-state index is -0.723. The molecule has 0 aliphatic heterocycles. The number of phenols is 1. The van der Waals surface area contributed by atoms with Crippen molar-refractivity contribution in [2.45, 2.75) is 52.5 Å². The largest absolute Gasteiger partial charge is 0.507 e. The van der Waals surface area contributed by atoms with Crippen molar-refractivity contribution in [3.63, 3.8) is 0 Å². The normalized spacial score (nSPS) is 12.1. The molecule has 0 aromatic heterocycles. The average molecular weight is 497 g/mol. The molecule has 0 heterocycles. The first-order valence-electron chi connectivity index (χ1n) is 11.6. The van der Waals surface area contributed by atoms with E-state index in [2.05, 4.69) is 10.6 Å². The first kappa shape index (κ1) is 26.8. The molecule has 36 heavy (non-hydrogen) atoms. The number of benzene rings is 3. The second kappa shape index (κ2) is 11.8. The van der Waals surface area contributed by atoms with E-state index in [1.165, 1.54) is 6.07 Å². The molecule has 0 radical (unpaired) electrons. The topological polar surface area (TPSA) is 89.1 Å². The summed E-state index contributed by atoms with van der Waals surface area (Å²) in [4.78, 5) is 12.0. The first-order valence-corrected chi connectivity index (χ1v) is 11.6. The number of carbonyl (C=O) groups excluding carboxylic acids is 1. The Labute approximate surface area is 211 Å². The number of anilines is 1. The molecule has 192 valence electrons. The van der Waals surface area contributed by atoms with E-state index in [0.29, 0.717) is 23.5 Å². The lowest BCUT2D eigenvalue weighted by atomic mass is 10.1. The molecule has 1 amide bonds. The van der Waals surface area contributed by atoms with Gasteiger partial charge in [-0.1, -0.05) is 30.3 Å². The fourth-order valence-electron chi connectivity index (χ4n) is 3.47. The van der Waals surface area contributed by atoms with Crippen LogP contribution in [-0.2, 0) is 17.9 Å². The van der Waals surface area contributed by atoms with E-state index in [4.69, 9.17) is 14.2 Å². The number of amides is 1. The van der Waals surface area contributed by atoms with Crippen molar-refractivity contribution in [1.29, 1.82) is 0 Å². The van der Waals surface area contributed by atoms with E-state index >= 15 is 0 Å². The molecule has 3 aromatic rings. The molecule has 0 saturated heterocycles. The predicted octanol–water partition coefficient (Wildman–Crippen LogP) is 6.32. The molecule has 3 N–H and O–H groups in total. The summed E-state index contributed by atoms with van der Waals surface area (Å²) in [6.45, 7) is 7.61. The number of phenolic OH excluding ortho intramolecular Hbond substituents is 1. The zero-order valence-corrected chi connectivity index (χ0v) is 21.2. The lowest BCUT2D eigenvalue weighted by Crippen LogP contribution is -2.27. The van der Waals surface area contributed by atoms with Crippen LogP contribution in [0.5, 0.6) is 17.2 Å². The second-order valence-electron chi connectivity index (χ2n) is 9.37. The minimum absolute atomic E-state index is 0.0393. The molecule has 3 rings (SSSR count). The van der Waals surface area contributed by atoms with E-state index < -0.39 is 17.5 Å². The van der Waals surface area contributed by atoms with Gasteiger partial charge in [-0.25, -0.2) is 9.18 Å². The second-order valence-corrected chi connectivity index (χ2v) is 9.37. The number of hydrogen-bond acceptors (Lipinski definition) is 6. The Morgan fingerprint density at radius 2 is 1.75 bits per heavy atom. The Balaban J connectivity index is 1.58. The quantitative estimate of drug-likeness (QED) is 0.321. The zero-order chi connectivity index (χ0) is 26.3. The number of nitrogens with one attached hydrogen (secondary N) is 2. The Morgan fingerprint density at radius 3 is 2.39 bits per heavy atom. The number of carbonyl (C=O) groups is 1. The maximum atomic E-state index is 14.9. The van der Waals surface area contributed by atoms with Crippen LogP contribution in [0, 0.1) is 5.82 Å². The Morgan fingerprint density at radius 1 is 1.06 bits per heavy atom. The van der Waals surface area contributed by atoms with Crippen LogP contribution in [0.25, 0.3) is 0 Å². The summed E-state index contributed by atoms with van der Waals surface area (Å²) in [6, 6.07) is 17.1. The van der Waals surface area contributed by atoms with Crippen molar-refractivity contribution < 1.29 is 28.5 Å². The Bertz CT molecular complexity index is 1180. The van der Waals surface area contributed by atoms with E-state index in [-0.39, 0.29) is 24.0 Å². The number of methoxy groups -OCH3 is 1. The summed E-state index contributed by atoms with van der Waals surface area (Å²) in [6.07, 6.45) is -0.723. The number of ether oxygens (including phenoxy) is 3. The van der Waals surface area contributed by atoms with Crippen LogP contribution >= 0.6 is 0 Å². The molecule has 0 fully saturated rings. The smallest absolute Gasteiger partial charge is 0.412 e. The van der Waals surface area contributed by atoms with E-state index in [1.807, 2.05) is 31.2 Å². The van der Waals surface area contributed by atoms with Crippen LogP contribution in [0.3, 0.4) is 0 Å². The third kappa shape index (κ3) is 7.61. The highest BCUT2D eigenvalue weighted by atomic mass is 19.1. The van der Waals surface area contributed by atoms with Gasteiger partial charge in [-0.15, -0.1) is 0 Å². The fourth-order valence-corrected chi connectivity index (χ4v) is 3.47. The number of halogens is 1. The van der Waals surface area contributed by atoms with Crippen molar-refractivity contribution in [2.75, 3.05) is 12.4 Å². The summed E-state index contributed by atoms with van der Waals surface area (Å²) in [5.41, 5.74) is 1.34. The van der Waals surface area contributed by atoms with Crippen molar-refractivity contribution in [1.82, 2.24) is 5.32 Å². The molecule has 0 spiro atoms. The molecule has 7 nitrogen and oxygen atoms in total. The molecule has 1 atom stereocenters. The maximum Gasteiger partial charge on any atom is 0.412 e. The predicted molar refractivity (Wildman–Crippen MR) is 137 cm³/mol. The van der Waals surface area contributed by atoms with Crippen molar-refractivity contribution in [3.8, 4) is 17.2 Å². The van der Waals surface area contributed by atoms with E-state index in [0.717, 1.165) is 11.3 Å². The molecule has 0 aliphatic carbocycles. The van der Waals surface area contributed by atoms with Crippen molar-refractivity contribution in [3.05, 3.63) is 83.2 Å². The number of hydrogen-bond donors (Lipinski definition) is 3. The summed E-state index contributed by atoms with van der Waals surface area (Å²) in [5.74, 6) is 0.831. The summed E-state index contributed by atoms with van der Waals surface area (Å²) in [5, 5.41) is 16.2. The first-order chi connectivity index (χ1) is 17.1. The molecule has 1 unspecified atom stereocenters. The molecule has 0 saturated carbocycles. The van der Waals surface area contributed by atoms with E-state index in [9.17, 15) is 14.3 Å². The van der Waals surface area contributed by atoms with Gasteiger partial charge in [-0.05, 0) is 57.5 Å². The molecule has 0 aliphatic rings. The summed E-state index contributed by atoms with van der Waals surface area (Å²) < 4.78 is 31.1. The van der Waals surface area contributed by atoms with Gasteiger partial charge in [0.25, 0.3) is 0 Å². The van der Waals surface area contributed by atoms with Gasteiger partial charge in [0.1, 0.15) is 29.5 Å². The SMILES string of the molecule is COc1ccc(COc2ccc(C(C)NCc3cccc(NC(=O)OC(C)(C)C)c3F)c(O)c2)cc1. The molecule has 0 bridgehead atoms. The lowest BCUT2D eigenvalue weighted by molar-refractivity contribution is 0.0635. The number of rotatable bonds is 9. The van der Waals surface area contributed by atoms with Crippen LogP contribution in [0.4, 0.5) is 14.9 Å². The monoisotopic (exact) mass is 496 g/mol. The van der Waals surface area contributed by atoms with Gasteiger partial charge in [0, 0.05) is 29.8 Å². The van der Waals surface area contributed by atoms with Gasteiger partial charge in [-0.2, -0.15) is 0 Å². The standard InChI is InChI=1S/C28H33FN2O5/c1-18(30-16-20-7-6-8-24(26(20)29)31-27(33)36-28(2,3)4)23-14-13-22(15-25(23)32)35-17-19-9-11-21(34-5)12-10-19/h6-15,18,30,32H,16-17H2,1-5H3,(H,31,33). The molecule has 8 heteroatoms. The van der Waals surface area contributed by atoms with Gasteiger partial charge >= 0.3 is 6.09 Å². The van der Waals surface area contributed by atoms with Crippen molar-refractivity contribution >= 4 is 11.8 Å². The highest BCUT2D eigenvalue weighted by molar-refractivity contribution is 5.85. The minimum Gasteiger partial charge on any atom is -0.507 e. The third-order valence-corrected chi connectivity index (χ3v) is 5.35. The van der Waals surface area contributed by atoms with Crippen LogP contribution < -0.4 is 20.1 Å². The van der Waals surface area contributed by atoms with Crippen LogP contribution in [0.2, 0.25) is 0 Å². The summed E-state index contributed by atoms with van der Waals surface area (Å²) >= 11 is 0. The van der Waals surface area contributed by atoms with Crippen LogP contribution in [0.1, 0.15) is 50.4 Å².